The molecule has 0 amide bonds. The summed E-state index contributed by atoms with van der Waals surface area (Å²) in [5.74, 6) is 2.79. The van der Waals surface area contributed by atoms with E-state index in [-0.39, 0.29) is 0 Å². The molecule has 1 atom stereocenters. The van der Waals surface area contributed by atoms with Crippen LogP contribution in [0.3, 0.4) is 0 Å². The van der Waals surface area contributed by atoms with Gasteiger partial charge in [0.05, 0.1) is 14.2 Å². The Morgan fingerprint density at radius 1 is 1.25 bits per heavy atom. The van der Waals surface area contributed by atoms with Crippen LogP contribution in [0.1, 0.15) is 6.92 Å². The Morgan fingerprint density at radius 3 is 2.25 bits per heavy atom. The van der Waals surface area contributed by atoms with Gasteiger partial charge in [0.25, 0.3) is 0 Å². The molecule has 0 rings (SSSR count). The van der Waals surface area contributed by atoms with E-state index in [1.807, 2.05) is 0 Å². The highest BCUT2D eigenvalue weighted by Gasteiger charge is 2.08. The minimum atomic E-state index is -0.661. The molecule has 0 N–H and O–H groups in total. The van der Waals surface area contributed by atoms with E-state index in [9.17, 15) is 9.59 Å². The topological polar surface area (TPSA) is 52.6 Å². The molecular weight excluding hydrogens is 160 g/mol. The number of carbonyl (C=O) groups excluding carboxylic acids is 2. The summed E-state index contributed by atoms with van der Waals surface area (Å²) in [6.45, 7) is 1.54. The number of carbonyl (C=O) groups is 2. The van der Waals surface area contributed by atoms with Gasteiger partial charge in [-0.3, -0.25) is 4.79 Å². The molecule has 1 unspecified atom stereocenters. The van der Waals surface area contributed by atoms with Crippen LogP contribution in [0.15, 0.2) is 0 Å². The van der Waals surface area contributed by atoms with Crippen molar-refractivity contribution < 1.29 is 19.1 Å². The second-order valence-electron chi connectivity index (χ2n) is 2.01. The van der Waals surface area contributed by atoms with Crippen molar-refractivity contribution in [1.29, 1.82) is 0 Å². The summed E-state index contributed by atoms with van der Waals surface area (Å²) >= 11 is 0. The third kappa shape index (κ3) is 3.62. The first-order valence-electron chi connectivity index (χ1n) is 3.29. The van der Waals surface area contributed by atoms with Crippen LogP contribution < -0.4 is 0 Å². The van der Waals surface area contributed by atoms with E-state index in [0.717, 1.165) is 0 Å². The Balaban J connectivity index is 4.12. The molecule has 0 aliphatic rings. The van der Waals surface area contributed by atoms with Gasteiger partial charge in [-0.25, -0.2) is 4.79 Å². The minimum Gasteiger partial charge on any atom is -0.468 e. The van der Waals surface area contributed by atoms with E-state index in [4.69, 9.17) is 0 Å². The molecule has 12 heavy (non-hydrogen) atoms. The maximum atomic E-state index is 10.7. The predicted octanol–water partition coefficient (Wildman–Crippen LogP) is -0.0281. The lowest BCUT2D eigenvalue weighted by molar-refractivity contribution is -0.142. The van der Waals surface area contributed by atoms with Crippen LogP contribution in [0, 0.1) is 17.8 Å². The summed E-state index contributed by atoms with van der Waals surface area (Å²) in [5, 5.41) is 0. The van der Waals surface area contributed by atoms with E-state index in [0.29, 0.717) is 0 Å². The summed E-state index contributed by atoms with van der Waals surface area (Å²) in [6, 6.07) is 0. The van der Waals surface area contributed by atoms with Crippen LogP contribution in [0.5, 0.6) is 0 Å². The maximum Gasteiger partial charge on any atom is 0.384 e. The molecule has 0 heterocycles. The summed E-state index contributed by atoms with van der Waals surface area (Å²) in [5.41, 5.74) is 0. The highest BCUT2D eigenvalue weighted by atomic mass is 16.5. The first-order chi connectivity index (χ1) is 5.61. The summed E-state index contributed by atoms with van der Waals surface area (Å²) in [6.07, 6.45) is 0. The van der Waals surface area contributed by atoms with Crippen molar-refractivity contribution in [3.63, 3.8) is 0 Å². The smallest absolute Gasteiger partial charge is 0.384 e. The Morgan fingerprint density at radius 2 is 1.83 bits per heavy atom. The molecular formula is C8H10O4. The van der Waals surface area contributed by atoms with Crippen molar-refractivity contribution in [2.24, 2.45) is 5.92 Å². The highest BCUT2D eigenvalue weighted by Crippen LogP contribution is 1.93. The van der Waals surface area contributed by atoms with Crippen LogP contribution >= 0.6 is 0 Å². The fourth-order valence-electron chi connectivity index (χ4n) is 0.454. The number of hydrogen-bond acceptors (Lipinski definition) is 4. The molecule has 0 saturated heterocycles. The van der Waals surface area contributed by atoms with Gasteiger partial charge in [-0.1, -0.05) is 5.92 Å². The predicted molar refractivity (Wildman–Crippen MR) is 41.0 cm³/mol. The van der Waals surface area contributed by atoms with Crippen molar-refractivity contribution >= 4 is 11.9 Å². The second-order valence-corrected chi connectivity index (χ2v) is 2.01. The molecule has 0 radical (unpaired) electrons. The van der Waals surface area contributed by atoms with E-state index < -0.39 is 17.9 Å². The van der Waals surface area contributed by atoms with Crippen molar-refractivity contribution in [3.8, 4) is 11.8 Å². The van der Waals surface area contributed by atoms with E-state index >= 15 is 0 Å². The lowest BCUT2D eigenvalue weighted by atomic mass is 10.2. The molecule has 0 aliphatic heterocycles. The van der Waals surface area contributed by atoms with Crippen LogP contribution in [0.4, 0.5) is 0 Å². The molecule has 0 aliphatic carbocycles. The van der Waals surface area contributed by atoms with Crippen molar-refractivity contribution in [2.45, 2.75) is 6.92 Å². The van der Waals surface area contributed by atoms with Gasteiger partial charge in [0, 0.05) is 5.92 Å². The molecule has 4 nitrogen and oxygen atoms in total. The van der Waals surface area contributed by atoms with Gasteiger partial charge in [0.15, 0.2) is 0 Å². The zero-order valence-corrected chi connectivity index (χ0v) is 7.21. The summed E-state index contributed by atoms with van der Waals surface area (Å²) in [4.78, 5) is 21.2. The molecule has 0 bridgehead atoms. The number of ether oxygens (including phenoxy) is 2. The molecule has 4 heteroatoms. The largest absolute Gasteiger partial charge is 0.468 e. The van der Waals surface area contributed by atoms with E-state index in [2.05, 4.69) is 21.3 Å². The van der Waals surface area contributed by atoms with Gasteiger partial charge in [-0.15, -0.1) is 0 Å². The number of esters is 2. The van der Waals surface area contributed by atoms with Crippen molar-refractivity contribution in [1.82, 2.24) is 0 Å². The Bertz CT molecular complexity index is 233. The van der Waals surface area contributed by atoms with E-state index in [1.54, 1.807) is 6.92 Å². The molecule has 0 aromatic carbocycles. The summed E-state index contributed by atoms with van der Waals surface area (Å²) in [7, 11) is 2.48. The third-order valence-electron chi connectivity index (χ3n) is 1.13. The minimum absolute atomic E-state index is 0.466. The Hall–Kier alpha value is -1.50. The first-order valence-corrected chi connectivity index (χ1v) is 3.29. The SMILES string of the molecule is COC(=O)C#CC(C)C(=O)OC. The van der Waals surface area contributed by atoms with Gasteiger partial charge in [-0.2, -0.15) is 0 Å². The van der Waals surface area contributed by atoms with Crippen LogP contribution in [-0.4, -0.2) is 26.2 Å². The number of hydrogen-bond donors (Lipinski definition) is 0. The molecule has 0 aromatic heterocycles. The Kier molecular flexibility index (Phi) is 4.54. The number of rotatable bonds is 1. The highest BCUT2D eigenvalue weighted by molar-refractivity contribution is 5.89. The lowest BCUT2D eigenvalue weighted by Gasteiger charge is -1.98. The van der Waals surface area contributed by atoms with Crippen LogP contribution in [0.2, 0.25) is 0 Å². The van der Waals surface area contributed by atoms with Crippen LogP contribution in [0.25, 0.3) is 0 Å². The van der Waals surface area contributed by atoms with E-state index in [1.165, 1.54) is 14.2 Å². The van der Waals surface area contributed by atoms with Gasteiger partial charge < -0.3 is 9.47 Å². The first kappa shape index (κ1) is 10.5. The maximum absolute atomic E-state index is 10.7. The lowest BCUT2D eigenvalue weighted by Crippen LogP contribution is -2.10. The molecule has 0 spiro atoms. The van der Waals surface area contributed by atoms with Gasteiger partial charge in [0.1, 0.15) is 5.92 Å². The average Bonchev–Trinajstić information content (AvgIpc) is 2.11. The van der Waals surface area contributed by atoms with Gasteiger partial charge >= 0.3 is 11.9 Å². The monoisotopic (exact) mass is 170 g/mol. The number of methoxy groups -OCH3 is 2. The molecule has 0 fully saturated rings. The Labute approximate surface area is 70.8 Å². The molecule has 0 aromatic rings. The molecule has 0 saturated carbocycles. The third-order valence-corrected chi connectivity index (χ3v) is 1.13. The van der Waals surface area contributed by atoms with Crippen molar-refractivity contribution in [3.05, 3.63) is 0 Å². The fraction of sp³-hybridized carbons (Fsp3) is 0.500. The quantitative estimate of drug-likeness (QED) is 0.315. The normalized spacial score (nSPS) is 10.6. The summed E-state index contributed by atoms with van der Waals surface area (Å²) < 4.78 is 8.63. The zero-order chi connectivity index (χ0) is 9.56. The molecule has 66 valence electrons. The van der Waals surface area contributed by atoms with Gasteiger partial charge in [-0.05, 0) is 6.92 Å². The second kappa shape index (κ2) is 5.19. The standard InChI is InChI=1S/C8H10O4/c1-6(8(10)12-3)4-5-7(9)11-2/h6H,1-3H3. The van der Waals surface area contributed by atoms with Gasteiger partial charge in [0.2, 0.25) is 0 Å². The fourth-order valence-corrected chi connectivity index (χ4v) is 0.454. The van der Waals surface area contributed by atoms with Crippen LogP contribution in [-0.2, 0) is 19.1 Å². The average molecular weight is 170 g/mol. The van der Waals surface area contributed by atoms with Crippen molar-refractivity contribution in [2.75, 3.05) is 14.2 Å². The zero-order valence-electron chi connectivity index (χ0n) is 7.21.